The normalized spacial score (nSPS) is 10.3. The highest BCUT2D eigenvalue weighted by molar-refractivity contribution is 6.02. The standard InChI is InChI=1S/C17H15N3O5/c1-23-12-9-7-11(8-10-12)20-15(17(22)25-19-20)16(21)18-13-5-3-4-6-14(13)24-2/h3-10H,1-2H3,(H-,18,19,21,22)/p+1. The van der Waals surface area contributed by atoms with Gasteiger partial charge in [-0.3, -0.25) is 9.32 Å². The van der Waals surface area contributed by atoms with Crippen LogP contribution in [0, 0.1) is 0 Å². The Morgan fingerprint density at radius 2 is 1.80 bits per heavy atom. The predicted molar refractivity (Wildman–Crippen MR) is 88.4 cm³/mol. The number of carbonyl (C=O) groups excluding carboxylic acids is 1. The molecule has 0 aliphatic rings. The van der Waals surface area contributed by atoms with Crippen LogP contribution in [-0.2, 0) is 0 Å². The minimum absolute atomic E-state index is 0.198. The Morgan fingerprint density at radius 1 is 1.08 bits per heavy atom. The predicted octanol–water partition coefficient (Wildman–Crippen LogP) is 1.51. The van der Waals surface area contributed by atoms with Gasteiger partial charge in [-0.05, 0) is 34.2 Å². The first kappa shape index (κ1) is 16.3. The number of amides is 1. The molecule has 1 amide bonds. The number of benzene rings is 2. The van der Waals surface area contributed by atoms with Crippen LogP contribution in [0.15, 0.2) is 57.8 Å². The van der Waals surface area contributed by atoms with Crippen LogP contribution in [0.4, 0.5) is 5.69 Å². The van der Waals surface area contributed by atoms with Crippen LogP contribution >= 0.6 is 0 Å². The molecule has 1 heterocycles. The van der Waals surface area contributed by atoms with Gasteiger partial charge in [-0.2, -0.15) is 0 Å². The van der Waals surface area contributed by atoms with Gasteiger partial charge in [-0.25, -0.2) is 4.79 Å². The molecular weight excluding hydrogens is 326 g/mol. The maximum absolute atomic E-state index is 12.6. The van der Waals surface area contributed by atoms with Crippen molar-refractivity contribution in [2.75, 3.05) is 19.5 Å². The maximum atomic E-state index is 12.6. The van der Waals surface area contributed by atoms with Gasteiger partial charge in [-0.15, -0.1) is 0 Å². The molecule has 0 unspecified atom stereocenters. The summed E-state index contributed by atoms with van der Waals surface area (Å²) in [6.45, 7) is 0. The first-order valence-corrected chi connectivity index (χ1v) is 7.36. The lowest BCUT2D eigenvalue weighted by Crippen LogP contribution is -2.42. The average molecular weight is 342 g/mol. The van der Waals surface area contributed by atoms with Crippen LogP contribution in [0.3, 0.4) is 0 Å². The van der Waals surface area contributed by atoms with Crippen molar-refractivity contribution >= 4 is 11.6 Å². The largest absolute Gasteiger partial charge is 0.497 e. The molecule has 1 aromatic heterocycles. The first-order chi connectivity index (χ1) is 12.1. The average Bonchev–Trinajstić information content (AvgIpc) is 3.04. The van der Waals surface area contributed by atoms with Gasteiger partial charge in [0.1, 0.15) is 11.5 Å². The second-order valence-corrected chi connectivity index (χ2v) is 5.02. The van der Waals surface area contributed by atoms with Crippen molar-refractivity contribution in [1.29, 1.82) is 0 Å². The monoisotopic (exact) mass is 342 g/mol. The minimum Gasteiger partial charge on any atom is -0.497 e. The molecule has 0 fully saturated rings. The number of hydrogen-bond acceptors (Lipinski definition) is 5. The molecule has 0 saturated heterocycles. The van der Waals surface area contributed by atoms with Crippen molar-refractivity contribution in [1.82, 2.24) is 5.27 Å². The molecule has 0 radical (unpaired) electrons. The molecule has 8 nitrogen and oxygen atoms in total. The third kappa shape index (κ3) is 3.23. The van der Waals surface area contributed by atoms with E-state index < -0.39 is 11.5 Å². The van der Waals surface area contributed by atoms with Gasteiger partial charge >= 0.3 is 17.2 Å². The number of para-hydroxylation sites is 2. The van der Waals surface area contributed by atoms with Gasteiger partial charge in [0.2, 0.25) is 5.69 Å². The minimum atomic E-state index is -0.789. The molecule has 0 spiro atoms. The lowest BCUT2D eigenvalue weighted by atomic mass is 10.2. The van der Waals surface area contributed by atoms with Crippen molar-refractivity contribution in [3.05, 3.63) is 64.6 Å². The number of aromatic nitrogens is 2. The van der Waals surface area contributed by atoms with Crippen LogP contribution in [-0.4, -0.2) is 25.4 Å². The SMILES string of the molecule is COc1ccc(-[n+]2[nH]oc(=O)c2C(=O)Nc2ccccc2OC)cc1. The molecule has 0 bridgehead atoms. The van der Waals surface area contributed by atoms with Crippen LogP contribution in [0.5, 0.6) is 11.5 Å². The zero-order valence-electron chi connectivity index (χ0n) is 13.6. The Kier molecular flexibility index (Phi) is 4.51. The Morgan fingerprint density at radius 3 is 2.48 bits per heavy atom. The van der Waals surface area contributed by atoms with Crippen molar-refractivity contribution in [2.24, 2.45) is 0 Å². The number of nitrogens with one attached hydrogen (secondary N) is 2. The summed E-state index contributed by atoms with van der Waals surface area (Å²) in [5.74, 6) is 0.498. The number of carbonyl (C=O) groups is 1. The Labute approximate surface area is 142 Å². The van der Waals surface area contributed by atoms with E-state index in [2.05, 4.69) is 10.6 Å². The maximum Gasteiger partial charge on any atom is 0.441 e. The Hall–Kier alpha value is -3.55. The summed E-state index contributed by atoms with van der Waals surface area (Å²) in [4.78, 5) is 24.6. The molecule has 3 aromatic rings. The van der Waals surface area contributed by atoms with Crippen LogP contribution in [0.1, 0.15) is 10.5 Å². The topological polar surface area (TPSA) is 97.4 Å². The number of methoxy groups -OCH3 is 2. The van der Waals surface area contributed by atoms with E-state index in [-0.39, 0.29) is 5.69 Å². The van der Waals surface area contributed by atoms with E-state index >= 15 is 0 Å². The van der Waals surface area contributed by atoms with Crippen molar-refractivity contribution in [2.45, 2.75) is 0 Å². The number of rotatable bonds is 5. The van der Waals surface area contributed by atoms with Gasteiger partial charge in [0, 0.05) is 12.1 Å². The molecule has 2 aromatic carbocycles. The Bertz CT molecular complexity index is 943. The molecule has 0 atom stereocenters. The fourth-order valence-corrected chi connectivity index (χ4v) is 2.31. The highest BCUT2D eigenvalue weighted by atomic mass is 16.5. The molecule has 0 aliphatic heterocycles. The van der Waals surface area contributed by atoms with Gasteiger partial charge in [0.15, 0.2) is 0 Å². The van der Waals surface area contributed by atoms with Gasteiger partial charge in [-0.1, -0.05) is 12.1 Å². The highest BCUT2D eigenvalue weighted by Gasteiger charge is 2.31. The third-order valence-electron chi connectivity index (χ3n) is 3.55. The van der Waals surface area contributed by atoms with E-state index in [9.17, 15) is 9.59 Å². The summed E-state index contributed by atoms with van der Waals surface area (Å²) < 4.78 is 16.3. The van der Waals surface area contributed by atoms with E-state index in [1.165, 1.54) is 11.8 Å². The molecule has 128 valence electrons. The summed E-state index contributed by atoms with van der Waals surface area (Å²) in [6.07, 6.45) is 0. The zero-order chi connectivity index (χ0) is 17.8. The number of hydrogen-bond donors (Lipinski definition) is 2. The van der Waals surface area contributed by atoms with Crippen molar-refractivity contribution < 1.29 is 23.5 Å². The van der Waals surface area contributed by atoms with E-state index in [4.69, 9.17) is 14.0 Å². The second-order valence-electron chi connectivity index (χ2n) is 5.02. The summed E-state index contributed by atoms with van der Waals surface area (Å²) in [5, 5.41) is 5.07. The second kappa shape index (κ2) is 6.91. The molecule has 8 heteroatoms. The molecule has 25 heavy (non-hydrogen) atoms. The number of anilines is 1. The molecule has 3 rings (SSSR count). The first-order valence-electron chi connectivity index (χ1n) is 7.36. The lowest BCUT2D eigenvalue weighted by Gasteiger charge is -2.07. The van der Waals surface area contributed by atoms with Crippen LogP contribution in [0.25, 0.3) is 5.69 Å². The van der Waals surface area contributed by atoms with Crippen molar-refractivity contribution in [3.63, 3.8) is 0 Å². The summed E-state index contributed by atoms with van der Waals surface area (Å²) in [5.41, 5.74) is -0.00648. The van der Waals surface area contributed by atoms with E-state index in [1.54, 1.807) is 55.6 Å². The van der Waals surface area contributed by atoms with Crippen LogP contribution < -0.4 is 25.1 Å². The molecule has 2 N–H and O–H groups in total. The van der Waals surface area contributed by atoms with Crippen molar-refractivity contribution in [3.8, 4) is 17.2 Å². The van der Waals surface area contributed by atoms with Gasteiger partial charge in [0.05, 0.1) is 19.9 Å². The van der Waals surface area contributed by atoms with E-state index in [0.29, 0.717) is 22.9 Å². The number of H-pyrrole nitrogens is 1. The molecular formula is C17H16N3O5+. The van der Waals surface area contributed by atoms with E-state index in [0.717, 1.165) is 0 Å². The summed E-state index contributed by atoms with van der Waals surface area (Å²) in [6, 6.07) is 13.7. The number of aromatic amines is 1. The van der Waals surface area contributed by atoms with Crippen LogP contribution in [0.2, 0.25) is 0 Å². The third-order valence-corrected chi connectivity index (χ3v) is 3.55. The highest BCUT2D eigenvalue weighted by Crippen LogP contribution is 2.23. The van der Waals surface area contributed by atoms with E-state index in [1.807, 2.05) is 0 Å². The summed E-state index contributed by atoms with van der Waals surface area (Å²) >= 11 is 0. The molecule has 0 aliphatic carbocycles. The lowest BCUT2D eigenvalue weighted by molar-refractivity contribution is -0.672. The Balaban J connectivity index is 1.95. The van der Waals surface area contributed by atoms with Gasteiger partial charge in [0.25, 0.3) is 0 Å². The van der Waals surface area contributed by atoms with Gasteiger partial charge < -0.3 is 14.8 Å². The number of nitrogens with zero attached hydrogens (tertiary/aromatic N) is 1. The quantitative estimate of drug-likeness (QED) is 0.685. The smallest absolute Gasteiger partial charge is 0.441 e. The number of ether oxygens (including phenoxy) is 2. The fraction of sp³-hybridized carbons (Fsp3) is 0.118. The zero-order valence-corrected chi connectivity index (χ0v) is 13.6. The molecule has 0 saturated carbocycles. The summed E-state index contributed by atoms with van der Waals surface area (Å²) in [7, 11) is 3.04. The fourth-order valence-electron chi connectivity index (χ4n) is 2.31.